The van der Waals surface area contributed by atoms with E-state index in [-0.39, 0.29) is 12.2 Å². The Balaban J connectivity index is 2.20. The molecule has 2 aromatic rings. The molecule has 0 aliphatic carbocycles. The number of halogens is 1. The number of aliphatic hydroxyl groups excluding tert-OH is 1. The lowest BCUT2D eigenvalue weighted by molar-refractivity contribution is -0.146. The van der Waals surface area contributed by atoms with Crippen LogP contribution in [0.5, 0.6) is 5.75 Å². The second-order valence-corrected chi connectivity index (χ2v) is 5.30. The standard InChI is InChI=1S/C18H12ClNO5/c19-15-6-2-4-12(9-20)14(15)10-25-13-5-1-3-11(7-13)16(21)8-17(22)18(23)24/h1-8,21H,10H2,(H,23,24). The number of hydrogen-bond donors (Lipinski definition) is 2. The van der Waals surface area contributed by atoms with Crippen molar-refractivity contribution in [1.29, 1.82) is 5.26 Å². The van der Waals surface area contributed by atoms with E-state index in [0.29, 0.717) is 28.0 Å². The molecular formula is C18H12ClNO5. The Morgan fingerprint density at radius 1 is 1.20 bits per heavy atom. The second-order valence-electron chi connectivity index (χ2n) is 4.89. The van der Waals surface area contributed by atoms with Crippen LogP contribution >= 0.6 is 11.6 Å². The zero-order chi connectivity index (χ0) is 18.4. The van der Waals surface area contributed by atoms with Crippen LogP contribution in [0.3, 0.4) is 0 Å². The van der Waals surface area contributed by atoms with Crippen molar-refractivity contribution >= 4 is 29.1 Å². The van der Waals surface area contributed by atoms with Gasteiger partial charge in [-0.05, 0) is 24.3 Å². The van der Waals surface area contributed by atoms with Crippen molar-refractivity contribution in [2.24, 2.45) is 0 Å². The lowest BCUT2D eigenvalue weighted by Crippen LogP contribution is -2.09. The summed E-state index contributed by atoms with van der Waals surface area (Å²) in [6.07, 6.45) is 0.614. The highest BCUT2D eigenvalue weighted by molar-refractivity contribution is 6.38. The number of aliphatic hydroxyl groups is 1. The Morgan fingerprint density at radius 3 is 2.60 bits per heavy atom. The normalized spacial score (nSPS) is 10.8. The van der Waals surface area contributed by atoms with Gasteiger partial charge in [-0.15, -0.1) is 0 Å². The highest BCUT2D eigenvalue weighted by atomic mass is 35.5. The minimum Gasteiger partial charge on any atom is -0.507 e. The van der Waals surface area contributed by atoms with E-state index < -0.39 is 17.5 Å². The Bertz CT molecular complexity index is 899. The van der Waals surface area contributed by atoms with Crippen molar-refractivity contribution in [3.05, 3.63) is 70.3 Å². The topological polar surface area (TPSA) is 108 Å². The predicted octanol–water partition coefficient (Wildman–Crippen LogP) is 3.34. The summed E-state index contributed by atoms with van der Waals surface area (Å²) in [6.45, 7) is 0.0323. The van der Waals surface area contributed by atoms with Gasteiger partial charge in [-0.25, -0.2) is 4.79 Å². The molecule has 0 atom stereocenters. The number of carbonyl (C=O) groups excluding carboxylic acids is 1. The molecule has 0 saturated heterocycles. The van der Waals surface area contributed by atoms with E-state index in [2.05, 4.69) is 0 Å². The molecule has 2 N–H and O–H groups in total. The third-order valence-electron chi connectivity index (χ3n) is 3.23. The fraction of sp³-hybridized carbons (Fsp3) is 0.0556. The van der Waals surface area contributed by atoms with E-state index in [9.17, 15) is 14.7 Å². The molecule has 0 unspecified atom stereocenters. The van der Waals surface area contributed by atoms with Crippen molar-refractivity contribution in [3.63, 3.8) is 0 Å². The Hall–Kier alpha value is -3.30. The van der Waals surface area contributed by atoms with Crippen LogP contribution in [0.25, 0.3) is 5.76 Å². The number of nitrogens with zero attached hydrogens (tertiary/aromatic N) is 1. The average molecular weight is 358 g/mol. The first-order chi connectivity index (χ1) is 11.9. The molecule has 0 fully saturated rings. The quantitative estimate of drug-likeness (QED) is 0.466. The summed E-state index contributed by atoms with van der Waals surface area (Å²) in [5, 5.41) is 27.9. The van der Waals surface area contributed by atoms with Gasteiger partial charge in [0.2, 0.25) is 0 Å². The zero-order valence-electron chi connectivity index (χ0n) is 12.8. The molecule has 2 aromatic carbocycles. The van der Waals surface area contributed by atoms with Crippen LogP contribution in [0, 0.1) is 11.3 Å². The third-order valence-corrected chi connectivity index (χ3v) is 3.58. The SMILES string of the molecule is N#Cc1cccc(Cl)c1COc1cccc(C(O)=CC(=O)C(=O)O)c1. The van der Waals surface area contributed by atoms with E-state index in [1.54, 1.807) is 30.3 Å². The number of hydrogen-bond acceptors (Lipinski definition) is 5. The monoisotopic (exact) mass is 357 g/mol. The van der Waals surface area contributed by atoms with E-state index in [1.807, 2.05) is 6.07 Å². The summed E-state index contributed by atoms with van der Waals surface area (Å²) in [5.74, 6) is -3.04. The molecule has 6 nitrogen and oxygen atoms in total. The van der Waals surface area contributed by atoms with Crippen molar-refractivity contribution < 1.29 is 24.5 Å². The lowest BCUT2D eigenvalue weighted by atomic mass is 10.1. The van der Waals surface area contributed by atoms with Crippen molar-refractivity contribution in [2.75, 3.05) is 0 Å². The molecule has 2 rings (SSSR count). The summed E-state index contributed by atoms with van der Waals surface area (Å²) in [7, 11) is 0. The van der Waals surface area contributed by atoms with E-state index in [0.717, 1.165) is 0 Å². The Morgan fingerprint density at radius 2 is 1.92 bits per heavy atom. The van der Waals surface area contributed by atoms with Gasteiger partial charge in [0.1, 0.15) is 18.1 Å². The van der Waals surface area contributed by atoms with Crippen LogP contribution < -0.4 is 4.74 Å². The maximum atomic E-state index is 11.1. The van der Waals surface area contributed by atoms with Crippen LogP contribution in [-0.2, 0) is 16.2 Å². The molecule has 0 aliphatic heterocycles. The number of carboxylic acids is 1. The van der Waals surface area contributed by atoms with Gasteiger partial charge >= 0.3 is 5.97 Å². The van der Waals surface area contributed by atoms with Crippen LogP contribution in [0.2, 0.25) is 5.02 Å². The number of rotatable bonds is 6. The Labute approximate surface area is 148 Å². The molecule has 0 aromatic heterocycles. The zero-order valence-corrected chi connectivity index (χ0v) is 13.5. The Kier molecular flexibility index (Phi) is 5.77. The highest BCUT2D eigenvalue weighted by Gasteiger charge is 2.12. The summed E-state index contributed by atoms with van der Waals surface area (Å²) in [5.41, 5.74) is 1.13. The van der Waals surface area contributed by atoms with Crippen molar-refractivity contribution in [3.8, 4) is 11.8 Å². The molecule has 25 heavy (non-hydrogen) atoms. The highest BCUT2D eigenvalue weighted by Crippen LogP contribution is 2.24. The van der Waals surface area contributed by atoms with Gasteiger partial charge in [-0.1, -0.05) is 29.8 Å². The van der Waals surface area contributed by atoms with Gasteiger partial charge in [0.25, 0.3) is 5.78 Å². The first kappa shape index (κ1) is 18.0. The number of carboxylic acid groups (broad SMARTS) is 1. The predicted molar refractivity (Wildman–Crippen MR) is 90.2 cm³/mol. The average Bonchev–Trinajstić information content (AvgIpc) is 2.60. The third kappa shape index (κ3) is 4.59. The number of benzene rings is 2. The summed E-state index contributed by atoms with van der Waals surface area (Å²) in [6, 6.07) is 13.0. The maximum absolute atomic E-state index is 11.1. The van der Waals surface area contributed by atoms with Gasteiger partial charge in [0.15, 0.2) is 0 Å². The molecule has 0 radical (unpaired) electrons. The molecule has 0 aliphatic rings. The molecule has 0 bridgehead atoms. The molecule has 0 saturated carbocycles. The molecule has 0 amide bonds. The smallest absolute Gasteiger partial charge is 0.376 e. The second kappa shape index (κ2) is 7.99. The number of aliphatic carboxylic acids is 1. The fourth-order valence-corrected chi connectivity index (χ4v) is 2.21. The van der Waals surface area contributed by atoms with Gasteiger partial charge in [0.05, 0.1) is 11.6 Å². The van der Waals surface area contributed by atoms with Crippen LogP contribution in [0.1, 0.15) is 16.7 Å². The van der Waals surface area contributed by atoms with Gasteiger partial charge < -0.3 is 14.9 Å². The number of ketones is 1. The first-order valence-corrected chi connectivity index (χ1v) is 7.39. The first-order valence-electron chi connectivity index (χ1n) is 7.01. The number of nitriles is 1. The van der Waals surface area contributed by atoms with Crippen molar-refractivity contribution in [1.82, 2.24) is 0 Å². The van der Waals surface area contributed by atoms with E-state index in [4.69, 9.17) is 26.7 Å². The molecular weight excluding hydrogens is 346 g/mol. The summed E-state index contributed by atoms with van der Waals surface area (Å²) in [4.78, 5) is 21.6. The van der Waals surface area contributed by atoms with Gasteiger partial charge in [-0.2, -0.15) is 5.26 Å². The molecule has 126 valence electrons. The molecule has 0 spiro atoms. The molecule has 0 heterocycles. The fourth-order valence-electron chi connectivity index (χ4n) is 1.98. The lowest BCUT2D eigenvalue weighted by Gasteiger charge is -2.10. The van der Waals surface area contributed by atoms with Gasteiger partial charge in [-0.3, -0.25) is 4.79 Å². The van der Waals surface area contributed by atoms with E-state index in [1.165, 1.54) is 12.1 Å². The minimum absolute atomic E-state index is 0.0323. The summed E-state index contributed by atoms with van der Waals surface area (Å²) >= 11 is 6.07. The number of ether oxygens (including phenoxy) is 1. The van der Waals surface area contributed by atoms with Crippen molar-refractivity contribution in [2.45, 2.75) is 6.61 Å². The number of carbonyl (C=O) groups is 2. The van der Waals surface area contributed by atoms with Gasteiger partial charge in [0, 0.05) is 22.2 Å². The summed E-state index contributed by atoms with van der Waals surface area (Å²) < 4.78 is 5.58. The minimum atomic E-state index is -1.67. The van der Waals surface area contributed by atoms with E-state index >= 15 is 0 Å². The maximum Gasteiger partial charge on any atom is 0.376 e. The molecule has 7 heteroatoms. The van der Waals surface area contributed by atoms with Crippen LogP contribution in [-0.4, -0.2) is 22.0 Å². The largest absolute Gasteiger partial charge is 0.507 e. The van der Waals surface area contributed by atoms with Crippen LogP contribution in [0.4, 0.5) is 0 Å². The van der Waals surface area contributed by atoms with Crippen LogP contribution in [0.15, 0.2) is 48.5 Å².